The summed E-state index contributed by atoms with van der Waals surface area (Å²) in [6.07, 6.45) is 1.80. The molecule has 0 rings (SSSR count). The molecule has 0 aliphatic heterocycles. The van der Waals surface area contributed by atoms with Crippen molar-refractivity contribution in [1.82, 2.24) is 10.3 Å². The van der Waals surface area contributed by atoms with E-state index in [0.717, 1.165) is 12.3 Å². The molecule has 0 saturated heterocycles. The first-order chi connectivity index (χ1) is 6.43. The first-order valence-corrected chi connectivity index (χ1v) is 3.44. The zero-order chi connectivity index (χ0) is 11.1. The number of hydrogen-bond acceptors (Lipinski definition) is 4. The zero-order valence-electron chi connectivity index (χ0n) is 7.14. The first kappa shape index (κ1) is 11.9. The van der Waals surface area contributed by atoms with Gasteiger partial charge >= 0.3 is 12.0 Å². The lowest BCUT2D eigenvalue weighted by molar-refractivity contribution is -0.137. The van der Waals surface area contributed by atoms with Gasteiger partial charge in [-0.15, -0.1) is 0 Å². The fourth-order valence-electron chi connectivity index (χ4n) is 0.443. The first-order valence-electron chi connectivity index (χ1n) is 3.44. The highest BCUT2D eigenvalue weighted by Gasteiger charge is 2.01. The Labute approximate surface area is 79.1 Å². The monoisotopic (exact) mass is 202 g/mol. The van der Waals surface area contributed by atoms with Crippen molar-refractivity contribution >= 4 is 17.9 Å². The molecule has 8 heteroatoms. The molecule has 0 fully saturated rings. The summed E-state index contributed by atoms with van der Waals surface area (Å²) in [4.78, 5) is 31.1. The molecule has 14 heavy (non-hydrogen) atoms. The number of urea groups is 1. The topological polar surface area (TPSA) is 139 Å². The van der Waals surface area contributed by atoms with Crippen LogP contribution in [0.4, 0.5) is 4.79 Å². The number of carboxylic acids is 1. The van der Waals surface area contributed by atoms with E-state index in [0.29, 0.717) is 5.01 Å². The van der Waals surface area contributed by atoms with Crippen molar-refractivity contribution in [3.05, 3.63) is 12.3 Å². The number of hydrogen-bond donors (Lipinski definition) is 4. The molecule has 0 spiro atoms. The third-order valence-corrected chi connectivity index (χ3v) is 1.05. The van der Waals surface area contributed by atoms with Gasteiger partial charge < -0.3 is 16.2 Å². The van der Waals surface area contributed by atoms with Crippen molar-refractivity contribution in [2.75, 3.05) is 6.54 Å². The number of amides is 3. The predicted octanol–water partition coefficient (Wildman–Crippen LogP) is -2.04. The minimum atomic E-state index is -1.17. The van der Waals surface area contributed by atoms with Crippen molar-refractivity contribution in [3.8, 4) is 0 Å². The number of carbonyl (C=O) groups excluding carboxylic acids is 2. The molecule has 0 heterocycles. The summed E-state index contributed by atoms with van der Waals surface area (Å²) in [5, 5.41) is 10.7. The molecule has 0 aromatic rings. The van der Waals surface area contributed by atoms with Gasteiger partial charge in [0.15, 0.2) is 0 Å². The third-order valence-electron chi connectivity index (χ3n) is 1.05. The lowest BCUT2D eigenvalue weighted by Gasteiger charge is -2.05. The molecule has 0 aliphatic carbocycles. The van der Waals surface area contributed by atoms with Gasteiger partial charge in [-0.05, 0) is 0 Å². The normalized spacial score (nSPS) is 9.79. The molecule has 0 aromatic heterocycles. The zero-order valence-corrected chi connectivity index (χ0v) is 7.14. The summed E-state index contributed by atoms with van der Waals surface area (Å²) >= 11 is 0. The molecule has 0 radical (unpaired) electrons. The van der Waals surface area contributed by atoms with Crippen molar-refractivity contribution in [3.63, 3.8) is 0 Å². The molecule has 6 N–H and O–H groups in total. The Kier molecular flexibility index (Phi) is 4.71. The van der Waals surface area contributed by atoms with Gasteiger partial charge in [0.05, 0.1) is 0 Å². The second-order valence-electron chi connectivity index (χ2n) is 2.17. The largest absolute Gasteiger partial charge is 0.480 e. The van der Waals surface area contributed by atoms with Crippen molar-refractivity contribution in [2.24, 2.45) is 11.6 Å². The summed E-state index contributed by atoms with van der Waals surface area (Å²) in [5.41, 5.74) is 4.73. The third kappa shape index (κ3) is 5.55. The quantitative estimate of drug-likeness (QED) is 0.180. The molecule has 0 unspecified atom stereocenters. The fraction of sp³-hybridized carbons (Fsp3) is 0.167. The number of rotatable bonds is 4. The Hall–Kier alpha value is -2.09. The number of carbonyl (C=O) groups is 3. The Bertz CT molecular complexity index is 275. The van der Waals surface area contributed by atoms with Crippen molar-refractivity contribution in [2.45, 2.75) is 0 Å². The van der Waals surface area contributed by atoms with Gasteiger partial charge in [-0.25, -0.2) is 15.6 Å². The van der Waals surface area contributed by atoms with Crippen LogP contribution in [0.3, 0.4) is 0 Å². The lowest BCUT2D eigenvalue weighted by atomic mass is 10.5. The van der Waals surface area contributed by atoms with Crippen molar-refractivity contribution in [1.29, 1.82) is 0 Å². The average molecular weight is 202 g/mol. The lowest BCUT2D eigenvalue weighted by Crippen LogP contribution is -2.37. The number of hydrazine groups is 1. The minimum absolute atomic E-state index is 0.486. The van der Waals surface area contributed by atoms with Gasteiger partial charge in [0.1, 0.15) is 6.54 Å². The van der Waals surface area contributed by atoms with Gasteiger partial charge in [0.25, 0.3) is 0 Å². The number of nitrogens with one attached hydrogen (secondary N) is 1. The number of primary amides is 1. The van der Waals surface area contributed by atoms with E-state index >= 15 is 0 Å². The summed E-state index contributed by atoms with van der Waals surface area (Å²) in [5.74, 6) is 3.13. The number of carboxylic acid groups (broad SMARTS) is 1. The highest BCUT2D eigenvalue weighted by Crippen LogP contribution is 1.79. The van der Waals surface area contributed by atoms with E-state index in [9.17, 15) is 14.4 Å². The second-order valence-corrected chi connectivity index (χ2v) is 2.17. The van der Waals surface area contributed by atoms with Gasteiger partial charge in [-0.3, -0.25) is 9.59 Å². The van der Waals surface area contributed by atoms with E-state index < -0.39 is 24.5 Å². The number of aliphatic carboxylic acids is 1. The van der Waals surface area contributed by atoms with Crippen LogP contribution in [0.25, 0.3) is 0 Å². The Morgan fingerprint density at radius 3 is 2.43 bits per heavy atom. The molecule has 0 bridgehead atoms. The van der Waals surface area contributed by atoms with Crippen LogP contribution in [0, 0.1) is 0 Å². The Morgan fingerprint density at radius 1 is 1.43 bits per heavy atom. The van der Waals surface area contributed by atoms with Crippen LogP contribution in [0.1, 0.15) is 0 Å². The van der Waals surface area contributed by atoms with E-state index in [1.54, 1.807) is 0 Å². The van der Waals surface area contributed by atoms with Crippen LogP contribution < -0.4 is 16.9 Å². The highest BCUT2D eigenvalue weighted by atomic mass is 16.4. The van der Waals surface area contributed by atoms with Crippen molar-refractivity contribution < 1.29 is 19.5 Å². The van der Waals surface area contributed by atoms with Gasteiger partial charge in [0.2, 0.25) is 5.91 Å². The SMILES string of the molecule is NC(=O)N(N)C=CC(=O)NCC(=O)O. The van der Waals surface area contributed by atoms with Gasteiger partial charge in [0, 0.05) is 12.3 Å². The second kappa shape index (κ2) is 5.54. The van der Waals surface area contributed by atoms with Gasteiger partial charge in [-0.2, -0.15) is 0 Å². The van der Waals surface area contributed by atoms with E-state index in [2.05, 4.69) is 0 Å². The van der Waals surface area contributed by atoms with Crippen LogP contribution in [0.15, 0.2) is 12.3 Å². The van der Waals surface area contributed by atoms with Crippen LogP contribution in [-0.2, 0) is 9.59 Å². The van der Waals surface area contributed by atoms with Gasteiger partial charge in [-0.1, -0.05) is 0 Å². The van der Waals surface area contributed by atoms with Crippen LogP contribution >= 0.6 is 0 Å². The molecular formula is C6H10N4O4. The van der Waals surface area contributed by atoms with Crippen LogP contribution in [-0.4, -0.2) is 34.6 Å². The molecule has 0 aromatic carbocycles. The van der Waals surface area contributed by atoms with Crippen LogP contribution in [0.2, 0.25) is 0 Å². The smallest absolute Gasteiger partial charge is 0.333 e. The summed E-state index contributed by atoms with van der Waals surface area (Å²) in [7, 11) is 0. The van der Waals surface area contributed by atoms with E-state index in [1.807, 2.05) is 5.32 Å². The molecule has 0 aliphatic rings. The molecular weight excluding hydrogens is 192 g/mol. The maximum Gasteiger partial charge on any atom is 0.333 e. The average Bonchev–Trinajstić information content (AvgIpc) is 2.10. The molecule has 8 nitrogen and oxygen atoms in total. The van der Waals surface area contributed by atoms with E-state index in [1.165, 1.54) is 0 Å². The van der Waals surface area contributed by atoms with Crippen LogP contribution in [0.5, 0.6) is 0 Å². The summed E-state index contributed by atoms with van der Waals surface area (Å²) in [6.45, 7) is -0.510. The molecule has 3 amide bonds. The van der Waals surface area contributed by atoms with E-state index in [4.69, 9.17) is 16.7 Å². The molecule has 0 atom stereocenters. The standard InChI is InChI=1S/C6H10N4O4/c7-6(14)10(8)2-1-4(11)9-3-5(12)13/h1-2H,3,8H2,(H2,7,14)(H,9,11)(H,12,13). The number of nitrogens with two attached hydrogens (primary N) is 2. The minimum Gasteiger partial charge on any atom is -0.480 e. The molecule has 0 saturated carbocycles. The predicted molar refractivity (Wildman–Crippen MR) is 45.4 cm³/mol. The number of nitrogens with zero attached hydrogens (tertiary/aromatic N) is 1. The summed E-state index contributed by atoms with van der Waals surface area (Å²) in [6, 6.07) is -0.938. The maximum absolute atomic E-state index is 10.8. The Morgan fingerprint density at radius 2 is 2.00 bits per heavy atom. The Balaban J connectivity index is 3.93. The summed E-state index contributed by atoms with van der Waals surface area (Å²) < 4.78 is 0. The highest BCUT2D eigenvalue weighted by molar-refractivity contribution is 5.90. The van der Waals surface area contributed by atoms with E-state index in [-0.39, 0.29) is 0 Å². The fourth-order valence-corrected chi connectivity index (χ4v) is 0.443. The molecule has 78 valence electrons. The maximum atomic E-state index is 10.8.